The first kappa shape index (κ1) is 22.3. The first-order valence-corrected chi connectivity index (χ1v) is 11.0. The highest BCUT2D eigenvalue weighted by Gasteiger charge is 2.15. The van der Waals surface area contributed by atoms with Crippen LogP contribution in [0.2, 0.25) is 0 Å². The summed E-state index contributed by atoms with van der Waals surface area (Å²) in [7, 11) is 0. The number of hydrogen-bond acceptors (Lipinski definition) is 3. The van der Waals surface area contributed by atoms with E-state index in [0.29, 0.717) is 24.5 Å². The minimum Gasteiger partial charge on any atom is -0.493 e. The van der Waals surface area contributed by atoms with Crippen LogP contribution < -0.4 is 10.1 Å². The molecule has 1 N–H and O–H groups in total. The number of furan rings is 1. The van der Waals surface area contributed by atoms with Gasteiger partial charge in [-0.15, -0.1) is 0 Å². The molecule has 4 aromatic rings. The van der Waals surface area contributed by atoms with Gasteiger partial charge in [0.2, 0.25) is 5.91 Å². The highest BCUT2D eigenvalue weighted by molar-refractivity contribution is 6.00. The maximum absolute atomic E-state index is 13.4. The van der Waals surface area contributed by atoms with Crippen molar-refractivity contribution < 1.29 is 18.3 Å². The third kappa shape index (κ3) is 5.32. The zero-order chi connectivity index (χ0) is 23.2. The van der Waals surface area contributed by atoms with E-state index in [1.807, 2.05) is 56.3 Å². The van der Waals surface area contributed by atoms with Crippen LogP contribution in [0.4, 0.5) is 4.39 Å². The molecule has 168 valence electrons. The Labute approximate surface area is 192 Å². The molecule has 0 radical (unpaired) electrons. The molecule has 0 aliphatic rings. The fourth-order valence-corrected chi connectivity index (χ4v) is 3.79. The molecule has 1 aromatic heterocycles. The number of benzene rings is 3. The Kier molecular flexibility index (Phi) is 6.89. The van der Waals surface area contributed by atoms with Gasteiger partial charge in [-0.2, -0.15) is 0 Å². The Bertz CT molecular complexity index is 1270. The van der Waals surface area contributed by atoms with Gasteiger partial charge >= 0.3 is 0 Å². The molecule has 4 nitrogen and oxygen atoms in total. The van der Waals surface area contributed by atoms with Crippen molar-refractivity contribution in [2.45, 2.75) is 20.3 Å². The normalized spacial score (nSPS) is 11.5. The minimum absolute atomic E-state index is 0.156. The van der Waals surface area contributed by atoms with Gasteiger partial charge in [0.1, 0.15) is 17.1 Å². The van der Waals surface area contributed by atoms with Crippen LogP contribution in [-0.2, 0) is 11.2 Å². The summed E-state index contributed by atoms with van der Waals surface area (Å²) in [5, 5.41) is 3.82. The van der Waals surface area contributed by atoms with Crippen LogP contribution in [0.5, 0.6) is 5.75 Å². The van der Waals surface area contributed by atoms with Gasteiger partial charge in [0.05, 0.1) is 12.9 Å². The zero-order valence-electron chi connectivity index (χ0n) is 18.7. The Hall–Kier alpha value is -3.86. The van der Waals surface area contributed by atoms with Crippen LogP contribution in [0.3, 0.4) is 0 Å². The molecule has 0 spiro atoms. The van der Waals surface area contributed by atoms with Crippen molar-refractivity contribution in [3.05, 3.63) is 96.0 Å². The molecule has 1 heterocycles. The summed E-state index contributed by atoms with van der Waals surface area (Å²) in [6, 6.07) is 20.1. The Morgan fingerprint density at radius 3 is 2.58 bits per heavy atom. The van der Waals surface area contributed by atoms with Gasteiger partial charge in [-0.25, -0.2) is 4.39 Å². The standard InChI is InChI=1S/C28H26FNO3/c1-3-32-26-17-27-24(25(18-33-27)21-9-11-22(29)12-10-21)16-23(26)19(2)15-28(31)30-14-13-20-7-5-4-6-8-20/h4-12,15-18H,3,13-14H2,1-2H3,(H,30,31)/b19-15+. The SMILES string of the molecule is CCOc1cc2occ(-c3ccc(F)cc3)c2cc1/C(C)=C/C(=O)NCCc1ccccc1. The van der Waals surface area contributed by atoms with Crippen molar-refractivity contribution in [3.63, 3.8) is 0 Å². The van der Waals surface area contributed by atoms with Crippen LogP contribution in [-0.4, -0.2) is 19.1 Å². The molecule has 33 heavy (non-hydrogen) atoms. The molecular weight excluding hydrogens is 417 g/mol. The molecule has 0 saturated heterocycles. The van der Waals surface area contributed by atoms with Gasteiger partial charge in [-0.1, -0.05) is 42.5 Å². The molecular formula is C28H26FNO3. The number of halogens is 1. The van der Waals surface area contributed by atoms with Gasteiger partial charge in [-0.3, -0.25) is 4.79 Å². The number of carbonyl (C=O) groups is 1. The molecule has 4 rings (SSSR count). The lowest BCUT2D eigenvalue weighted by Gasteiger charge is -2.12. The van der Waals surface area contributed by atoms with E-state index in [0.717, 1.165) is 34.1 Å². The van der Waals surface area contributed by atoms with Crippen molar-refractivity contribution >= 4 is 22.4 Å². The summed E-state index contributed by atoms with van der Waals surface area (Å²) in [5.74, 6) is 0.204. The largest absolute Gasteiger partial charge is 0.493 e. The topological polar surface area (TPSA) is 51.5 Å². The summed E-state index contributed by atoms with van der Waals surface area (Å²) in [6.45, 7) is 4.84. The molecule has 3 aromatic carbocycles. The number of amides is 1. The van der Waals surface area contributed by atoms with E-state index in [1.165, 1.54) is 17.7 Å². The van der Waals surface area contributed by atoms with Crippen molar-refractivity contribution in [1.29, 1.82) is 0 Å². The molecule has 0 fully saturated rings. The number of allylic oxidation sites excluding steroid dienone is 1. The zero-order valence-corrected chi connectivity index (χ0v) is 18.7. The van der Waals surface area contributed by atoms with Crippen molar-refractivity contribution in [3.8, 4) is 16.9 Å². The van der Waals surface area contributed by atoms with E-state index in [2.05, 4.69) is 5.32 Å². The molecule has 0 aliphatic heterocycles. The molecule has 0 unspecified atom stereocenters. The number of ether oxygens (including phenoxy) is 1. The first-order chi connectivity index (χ1) is 16.0. The second-order valence-electron chi connectivity index (χ2n) is 7.79. The molecule has 0 atom stereocenters. The molecule has 1 amide bonds. The minimum atomic E-state index is -0.289. The van der Waals surface area contributed by atoms with Crippen molar-refractivity contribution in [2.75, 3.05) is 13.2 Å². The maximum Gasteiger partial charge on any atom is 0.244 e. The van der Waals surface area contributed by atoms with E-state index >= 15 is 0 Å². The number of rotatable bonds is 8. The summed E-state index contributed by atoms with van der Waals surface area (Å²) >= 11 is 0. The molecule has 0 bridgehead atoms. The highest BCUT2D eigenvalue weighted by Crippen LogP contribution is 2.37. The van der Waals surface area contributed by atoms with Crippen LogP contribution in [0.1, 0.15) is 25.0 Å². The number of hydrogen-bond donors (Lipinski definition) is 1. The predicted octanol–water partition coefficient (Wildman–Crippen LogP) is 6.40. The quantitative estimate of drug-likeness (QED) is 0.321. The van der Waals surface area contributed by atoms with Crippen LogP contribution in [0.25, 0.3) is 27.7 Å². The third-order valence-electron chi connectivity index (χ3n) is 5.46. The van der Waals surface area contributed by atoms with Gasteiger partial charge in [0, 0.05) is 35.2 Å². The molecule has 0 saturated carbocycles. The maximum atomic E-state index is 13.4. The van der Waals surface area contributed by atoms with Crippen molar-refractivity contribution in [1.82, 2.24) is 5.32 Å². The van der Waals surface area contributed by atoms with Gasteiger partial charge in [0.25, 0.3) is 0 Å². The summed E-state index contributed by atoms with van der Waals surface area (Å²) < 4.78 is 25.0. The fraction of sp³-hybridized carbons (Fsp3) is 0.179. The van der Waals surface area contributed by atoms with Crippen molar-refractivity contribution in [2.24, 2.45) is 0 Å². The molecule has 0 aliphatic carbocycles. The predicted molar refractivity (Wildman–Crippen MR) is 130 cm³/mol. The smallest absolute Gasteiger partial charge is 0.244 e. The summed E-state index contributed by atoms with van der Waals surface area (Å²) in [4.78, 5) is 12.5. The van der Waals surface area contributed by atoms with E-state index in [-0.39, 0.29) is 11.7 Å². The number of fused-ring (bicyclic) bond motifs is 1. The highest BCUT2D eigenvalue weighted by atomic mass is 19.1. The summed E-state index contributed by atoms with van der Waals surface area (Å²) in [6.07, 6.45) is 4.02. The summed E-state index contributed by atoms with van der Waals surface area (Å²) in [5.41, 5.74) is 5.15. The number of carbonyl (C=O) groups excluding carboxylic acids is 1. The van der Waals surface area contributed by atoms with E-state index < -0.39 is 0 Å². The monoisotopic (exact) mass is 443 g/mol. The molecule has 5 heteroatoms. The van der Waals surface area contributed by atoms with Gasteiger partial charge < -0.3 is 14.5 Å². The Morgan fingerprint density at radius 2 is 1.85 bits per heavy atom. The van der Waals surface area contributed by atoms with Crippen LogP contribution in [0, 0.1) is 5.82 Å². The number of nitrogens with one attached hydrogen (secondary N) is 1. The lowest BCUT2D eigenvalue weighted by atomic mass is 9.99. The van der Waals surface area contributed by atoms with Gasteiger partial charge in [-0.05, 0) is 55.2 Å². The third-order valence-corrected chi connectivity index (χ3v) is 5.46. The van der Waals surface area contributed by atoms with Crippen LogP contribution >= 0.6 is 0 Å². The lowest BCUT2D eigenvalue weighted by Crippen LogP contribution is -2.23. The van der Waals surface area contributed by atoms with Crippen LogP contribution in [0.15, 0.2) is 83.5 Å². The van der Waals surface area contributed by atoms with Gasteiger partial charge in [0.15, 0.2) is 0 Å². The second-order valence-corrected chi connectivity index (χ2v) is 7.79. The Morgan fingerprint density at radius 1 is 1.09 bits per heavy atom. The lowest BCUT2D eigenvalue weighted by molar-refractivity contribution is -0.116. The van der Waals surface area contributed by atoms with E-state index in [1.54, 1.807) is 24.5 Å². The average Bonchev–Trinajstić information content (AvgIpc) is 3.23. The van der Waals surface area contributed by atoms with E-state index in [4.69, 9.17) is 9.15 Å². The first-order valence-electron chi connectivity index (χ1n) is 11.0. The average molecular weight is 444 g/mol. The second kappa shape index (κ2) is 10.2. The fourth-order valence-electron chi connectivity index (χ4n) is 3.79. The Balaban J connectivity index is 1.60. The van der Waals surface area contributed by atoms with E-state index in [9.17, 15) is 9.18 Å².